The highest BCUT2D eigenvalue weighted by Gasteiger charge is 2.79. The molecule has 0 aromatic carbocycles. The molecular formula is C8F13NO2. The molecule has 3 nitrogen and oxygen atoms in total. The monoisotopic (exact) mass is 389 g/mol. The molecule has 1 unspecified atom stereocenters. The summed E-state index contributed by atoms with van der Waals surface area (Å²) in [6.07, 6.45) is -24.6. The average molecular weight is 389 g/mol. The molecule has 0 heterocycles. The zero-order valence-corrected chi connectivity index (χ0v) is 10.2. The largest absolute Gasteiger partial charge is 0.475 e. The molecule has 0 aliphatic carbocycles. The zero-order chi connectivity index (χ0) is 19.8. The smallest absolute Gasteiger partial charge is 0.397 e. The molecule has 0 saturated heterocycles. The topological polar surface area (TPSA) is 42.2 Å². The number of hydrogen-bond acceptors (Lipinski definition) is 3. The Kier molecular flexibility index (Phi) is 5.69. The van der Waals surface area contributed by atoms with Crippen molar-refractivity contribution in [2.75, 3.05) is 0 Å². The molecule has 16 heteroatoms. The number of rotatable bonds is 6. The second-order valence-corrected chi connectivity index (χ2v) is 3.55. The van der Waals surface area contributed by atoms with Crippen molar-refractivity contribution in [3.63, 3.8) is 0 Å². The standard InChI is InChI=1S/C8F13NO2/c9-2(10)3(11)23-7(18,19)5(13,14)8(20,21)24-4(12,1-22)6(15,16)17. The first-order valence-corrected chi connectivity index (χ1v) is 4.75. The lowest BCUT2D eigenvalue weighted by molar-refractivity contribution is -0.484. The van der Waals surface area contributed by atoms with Crippen LogP contribution in [0.1, 0.15) is 0 Å². The van der Waals surface area contributed by atoms with Crippen LogP contribution < -0.4 is 0 Å². The second kappa shape index (κ2) is 6.18. The van der Waals surface area contributed by atoms with Gasteiger partial charge in [-0.15, -0.1) is 0 Å². The van der Waals surface area contributed by atoms with Gasteiger partial charge in [0.25, 0.3) is 0 Å². The quantitative estimate of drug-likeness (QED) is 0.492. The van der Waals surface area contributed by atoms with Crippen LogP contribution in [-0.4, -0.2) is 30.2 Å². The third-order valence-electron chi connectivity index (χ3n) is 1.87. The predicted octanol–water partition coefficient (Wildman–Crippen LogP) is 4.63. The van der Waals surface area contributed by atoms with Crippen LogP contribution in [0, 0.1) is 11.3 Å². The van der Waals surface area contributed by atoms with Crippen molar-refractivity contribution < 1.29 is 66.5 Å². The summed E-state index contributed by atoms with van der Waals surface area (Å²) < 4.78 is 164. The van der Waals surface area contributed by atoms with Gasteiger partial charge in [0.15, 0.2) is 0 Å². The van der Waals surface area contributed by atoms with Gasteiger partial charge >= 0.3 is 42.3 Å². The maximum atomic E-state index is 12.8. The maximum absolute atomic E-state index is 12.8. The Morgan fingerprint density at radius 1 is 0.750 bits per heavy atom. The predicted molar refractivity (Wildman–Crippen MR) is 42.9 cm³/mol. The number of nitriles is 1. The third-order valence-corrected chi connectivity index (χ3v) is 1.87. The fourth-order valence-corrected chi connectivity index (χ4v) is 0.769. The minimum absolute atomic E-state index is 0.659. The van der Waals surface area contributed by atoms with Gasteiger partial charge in [-0.3, -0.25) is 4.74 Å². The Bertz CT molecular complexity index is 543. The molecule has 0 aromatic heterocycles. The summed E-state index contributed by atoms with van der Waals surface area (Å²) in [5, 5.41) is 7.74. The van der Waals surface area contributed by atoms with Crippen molar-refractivity contribution in [1.29, 1.82) is 5.26 Å². The molecule has 0 aliphatic heterocycles. The van der Waals surface area contributed by atoms with Crippen LogP contribution in [0.25, 0.3) is 0 Å². The van der Waals surface area contributed by atoms with Crippen molar-refractivity contribution >= 4 is 0 Å². The van der Waals surface area contributed by atoms with E-state index in [0.717, 1.165) is 0 Å². The fourth-order valence-electron chi connectivity index (χ4n) is 0.769. The van der Waals surface area contributed by atoms with Gasteiger partial charge in [-0.1, -0.05) is 0 Å². The zero-order valence-electron chi connectivity index (χ0n) is 10.2. The molecule has 0 N–H and O–H groups in total. The lowest BCUT2D eigenvalue weighted by Crippen LogP contribution is -2.60. The Labute approximate surface area is 121 Å². The van der Waals surface area contributed by atoms with Gasteiger partial charge in [-0.25, -0.2) is 0 Å². The average Bonchev–Trinajstić information content (AvgIpc) is 2.35. The summed E-state index contributed by atoms with van der Waals surface area (Å²) in [5.41, 5.74) is 0. The number of halogens is 13. The van der Waals surface area contributed by atoms with E-state index in [0.29, 0.717) is 0 Å². The van der Waals surface area contributed by atoms with Gasteiger partial charge in [-0.2, -0.15) is 62.3 Å². The molecule has 0 rings (SSSR count). The summed E-state index contributed by atoms with van der Waals surface area (Å²) in [6, 6.07) is -4.44. The summed E-state index contributed by atoms with van der Waals surface area (Å²) in [7, 11) is 0. The van der Waals surface area contributed by atoms with Crippen molar-refractivity contribution in [2.45, 2.75) is 30.2 Å². The summed E-state index contributed by atoms with van der Waals surface area (Å²) in [6.45, 7) is 0. The molecule has 0 radical (unpaired) electrons. The van der Waals surface area contributed by atoms with E-state index in [1.54, 1.807) is 0 Å². The van der Waals surface area contributed by atoms with E-state index >= 15 is 0 Å². The van der Waals surface area contributed by atoms with E-state index in [-0.39, 0.29) is 0 Å². The number of nitrogens with zero attached hydrogens (tertiary/aromatic N) is 1. The van der Waals surface area contributed by atoms with Gasteiger partial charge in [0.1, 0.15) is 6.07 Å². The normalized spacial score (nSPS) is 16.2. The molecule has 140 valence electrons. The van der Waals surface area contributed by atoms with Crippen LogP contribution in [0.15, 0.2) is 12.1 Å². The Morgan fingerprint density at radius 2 is 1.17 bits per heavy atom. The molecule has 24 heavy (non-hydrogen) atoms. The van der Waals surface area contributed by atoms with Crippen molar-refractivity contribution in [1.82, 2.24) is 0 Å². The van der Waals surface area contributed by atoms with E-state index in [1.165, 1.54) is 0 Å². The van der Waals surface area contributed by atoms with Gasteiger partial charge in [0.2, 0.25) is 0 Å². The van der Waals surface area contributed by atoms with E-state index < -0.39 is 48.3 Å². The van der Waals surface area contributed by atoms with E-state index in [1.807, 2.05) is 9.47 Å². The molecule has 0 saturated carbocycles. The minimum atomic E-state index is -7.33. The van der Waals surface area contributed by atoms with Gasteiger partial charge < -0.3 is 4.74 Å². The van der Waals surface area contributed by atoms with Crippen LogP contribution in [0.2, 0.25) is 0 Å². The van der Waals surface area contributed by atoms with Crippen molar-refractivity contribution in [3.05, 3.63) is 12.1 Å². The fraction of sp³-hybridized carbons (Fsp3) is 0.625. The lowest BCUT2D eigenvalue weighted by atomic mass is 10.2. The lowest BCUT2D eigenvalue weighted by Gasteiger charge is -2.33. The van der Waals surface area contributed by atoms with Gasteiger partial charge in [0.05, 0.1) is 0 Å². The summed E-state index contributed by atoms with van der Waals surface area (Å²) in [5.74, 6) is -13.5. The first-order valence-electron chi connectivity index (χ1n) is 4.75. The highest BCUT2D eigenvalue weighted by Crippen LogP contribution is 2.51. The van der Waals surface area contributed by atoms with Crippen LogP contribution in [0.4, 0.5) is 57.1 Å². The molecule has 0 spiro atoms. The highest BCUT2D eigenvalue weighted by atomic mass is 19.4. The van der Waals surface area contributed by atoms with Gasteiger partial charge in [0, 0.05) is 0 Å². The number of ether oxygens (including phenoxy) is 2. The summed E-state index contributed by atoms with van der Waals surface area (Å²) in [4.78, 5) is 0. The summed E-state index contributed by atoms with van der Waals surface area (Å²) >= 11 is 0. The Hall–Kier alpha value is -1.92. The van der Waals surface area contributed by atoms with Crippen molar-refractivity contribution in [3.8, 4) is 6.07 Å². The SMILES string of the molecule is N#CC(F)(OC(F)(F)C(F)(F)C(F)(F)OC(F)=C(F)F)C(F)(F)F. The molecule has 0 amide bonds. The number of alkyl halides is 10. The first-order chi connectivity index (χ1) is 10.3. The molecule has 0 bridgehead atoms. The Morgan fingerprint density at radius 3 is 1.46 bits per heavy atom. The van der Waals surface area contributed by atoms with Crippen LogP contribution in [0.3, 0.4) is 0 Å². The third kappa shape index (κ3) is 3.94. The molecule has 1 atom stereocenters. The molecular weight excluding hydrogens is 389 g/mol. The van der Waals surface area contributed by atoms with E-state index in [9.17, 15) is 57.1 Å². The van der Waals surface area contributed by atoms with E-state index in [4.69, 9.17) is 5.26 Å². The van der Waals surface area contributed by atoms with Crippen molar-refractivity contribution in [2.24, 2.45) is 0 Å². The van der Waals surface area contributed by atoms with Crippen LogP contribution >= 0.6 is 0 Å². The first kappa shape index (κ1) is 22.1. The second-order valence-electron chi connectivity index (χ2n) is 3.55. The molecule has 0 aliphatic rings. The highest BCUT2D eigenvalue weighted by molar-refractivity contribution is 5.02. The Balaban J connectivity index is 5.84. The van der Waals surface area contributed by atoms with Crippen LogP contribution in [-0.2, 0) is 9.47 Å². The van der Waals surface area contributed by atoms with Crippen LogP contribution in [0.5, 0.6) is 0 Å². The maximum Gasteiger partial charge on any atom is 0.475 e. The molecule has 0 fully saturated rings. The molecule has 0 aromatic rings. The van der Waals surface area contributed by atoms with Gasteiger partial charge in [-0.05, 0) is 0 Å². The number of hydrogen-bond donors (Lipinski definition) is 0. The minimum Gasteiger partial charge on any atom is -0.397 e. The van der Waals surface area contributed by atoms with E-state index in [2.05, 4.69) is 0 Å².